The lowest BCUT2D eigenvalue weighted by Gasteiger charge is -2.36. The predicted molar refractivity (Wildman–Crippen MR) is 119 cm³/mol. The van der Waals surface area contributed by atoms with Crippen molar-refractivity contribution in [3.8, 4) is 5.75 Å². The lowest BCUT2D eigenvalue weighted by molar-refractivity contribution is -0.274. The number of likely N-dealkylation sites (N-methyl/N-ethyl adjacent to an activating group) is 1. The number of nitrogens with zero attached hydrogens (tertiary/aromatic N) is 2. The van der Waals surface area contributed by atoms with Gasteiger partial charge in [0.2, 0.25) is 5.91 Å². The maximum atomic E-state index is 13.9. The number of rotatable bonds is 4. The van der Waals surface area contributed by atoms with Gasteiger partial charge < -0.3 is 15.0 Å². The first kappa shape index (κ1) is 22.1. The SMILES string of the molecule is CCN1C(=O)[C@]2(c3ccccc31)[C@@H](C(=O)Nc1ccc(OC(F)(F)F)cc1)C[C@@H]1CSCN12. The number of anilines is 2. The van der Waals surface area contributed by atoms with Crippen molar-refractivity contribution < 1.29 is 27.5 Å². The van der Waals surface area contributed by atoms with Crippen LogP contribution in [0.25, 0.3) is 0 Å². The highest BCUT2D eigenvalue weighted by atomic mass is 32.2. The first-order chi connectivity index (χ1) is 15.8. The van der Waals surface area contributed by atoms with E-state index in [1.165, 1.54) is 12.1 Å². The van der Waals surface area contributed by atoms with Crippen LogP contribution >= 0.6 is 11.8 Å². The monoisotopic (exact) mass is 477 g/mol. The van der Waals surface area contributed by atoms with Crippen molar-refractivity contribution in [2.75, 3.05) is 28.4 Å². The third kappa shape index (κ3) is 3.47. The highest BCUT2D eigenvalue weighted by Crippen LogP contribution is 2.57. The Kier molecular flexibility index (Phi) is 5.32. The Bertz CT molecular complexity index is 1090. The van der Waals surface area contributed by atoms with E-state index in [1.807, 2.05) is 31.2 Å². The molecular formula is C23H22F3N3O3S. The molecule has 2 amide bonds. The molecule has 0 saturated carbocycles. The van der Waals surface area contributed by atoms with E-state index in [9.17, 15) is 22.8 Å². The Labute approximate surface area is 193 Å². The molecule has 33 heavy (non-hydrogen) atoms. The van der Waals surface area contributed by atoms with Crippen molar-refractivity contribution in [1.29, 1.82) is 0 Å². The summed E-state index contributed by atoms with van der Waals surface area (Å²) in [5, 5.41) is 2.82. The predicted octanol–water partition coefficient (Wildman–Crippen LogP) is 4.18. The zero-order valence-electron chi connectivity index (χ0n) is 17.8. The molecule has 0 aromatic heterocycles. The van der Waals surface area contributed by atoms with Gasteiger partial charge in [-0.1, -0.05) is 18.2 Å². The van der Waals surface area contributed by atoms with Crippen molar-refractivity contribution in [2.45, 2.75) is 31.3 Å². The summed E-state index contributed by atoms with van der Waals surface area (Å²) in [7, 11) is 0. The first-order valence-electron chi connectivity index (χ1n) is 10.7. The van der Waals surface area contributed by atoms with Crippen molar-refractivity contribution in [1.82, 2.24) is 4.90 Å². The minimum Gasteiger partial charge on any atom is -0.406 e. The van der Waals surface area contributed by atoms with Gasteiger partial charge in [0.1, 0.15) is 11.3 Å². The molecule has 0 unspecified atom stereocenters. The second-order valence-corrected chi connectivity index (χ2v) is 9.31. The lowest BCUT2D eigenvalue weighted by Crippen LogP contribution is -2.55. The highest BCUT2D eigenvalue weighted by molar-refractivity contribution is 7.99. The fourth-order valence-corrected chi connectivity index (χ4v) is 6.67. The van der Waals surface area contributed by atoms with E-state index in [0.717, 1.165) is 29.1 Å². The van der Waals surface area contributed by atoms with Gasteiger partial charge >= 0.3 is 6.36 Å². The molecule has 0 aliphatic carbocycles. The number of benzene rings is 2. The van der Waals surface area contributed by atoms with E-state index in [-0.39, 0.29) is 23.6 Å². The van der Waals surface area contributed by atoms with E-state index in [2.05, 4.69) is 15.0 Å². The third-order valence-electron chi connectivity index (χ3n) is 6.61. The molecule has 3 aliphatic heterocycles. The number of thioether (sulfide) groups is 1. The van der Waals surface area contributed by atoms with Crippen LogP contribution in [0.4, 0.5) is 24.5 Å². The molecule has 2 aromatic rings. The van der Waals surface area contributed by atoms with Crippen molar-refractivity contribution in [2.24, 2.45) is 5.92 Å². The smallest absolute Gasteiger partial charge is 0.406 e. The molecule has 0 radical (unpaired) electrons. The molecular weight excluding hydrogens is 455 g/mol. The van der Waals surface area contributed by atoms with Crippen LogP contribution in [0.15, 0.2) is 48.5 Å². The number of alkyl halides is 3. The maximum absolute atomic E-state index is 13.9. The largest absolute Gasteiger partial charge is 0.573 e. The molecule has 2 saturated heterocycles. The zero-order valence-corrected chi connectivity index (χ0v) is 18.6. The van der Waals surface area contributed by atoms with Gasteiger partial charge in [0.05, 0.1) is 5.92 Å². The molecule has 174 valence electrons. The summed E-state index contributed by atoms with van der Waals surface area (Å²) in [6, 6.07) is 12.7. The number of nitrogens with one attached hydrogen (secondary N) is 1. The number of halogens is 3. The average molecular weight is 478 g/mol. The van der Waals surface area contributed by atoms with Crippen LogP contribution in [0.1, 0.15) is 18.9 Å². The summed E-state index contributed by atoms with van der Waals surface area (Å²) in [5.41, 5.74) is 0.937. The molecule has 6 nitrogen and oxygen atoms in total. The molecule has 3 aliphatic rings. The highest BCUT2D eigenvalue weighted by Gasteiger charge is 2.67. The topological polar surface area (TPSA) is 61.9 Å². The second kappa shape index (κ2) is 7.95. The van der Waals surface area contributed by atoms with Gasteiger partial charge in [0.25, 0.3) is 5.91 Å². The number of fused-ring (bicyclic) bond motifs is 4. The fraction of sp³-hybridized carbons (Fsp3) is 0.391. The number of amides is 2. The Hall–Kier alpha value is -2.72. The maximum Gasteiger partial charge on any atom is 0.573 e. The molecule has 2 fully saturated rings. The Morgan fingerprint density at radius 1 is 1.21 bits per heavy atom. The zero-order chi connectivity index (χ0) is 23.4. The van der Waals surface area contributed by atoms with Crippen LogP contribution in [0, 0.1) is 5.92 Å². The Morgan fingerprint density at radius 3 is 2.64 bits per heavy atom. The van der Waals surface area contributed by atoms with E-state index in [1.54, 1.807) is 16.7 Å². The standard InChI is InChI=1S/C23H22F3N3O3S/c1-2-28-19-6-4-3-5-17(19)22(21(28)31)18(11-15-12-33-13-29(15)22)20(30)27-14-7-9-16(10-8-14)32-23(24,25)26/h3-10,15,18H,2,11-13H2,1H3,(H,27,30)/t15-,18-,22+/m1/s1. The number of para-hydroxylation sites is 1. The average Bonchev–Trinajstić information content (AvgIpc) is 3.42. The number of hydrogen-bond acceptors (Lipinski definition) is 5. The van der Waals surface area contributed by atoms with Crippen LogP contribution in [0.5, 0.6) is 5.75 Å². The normalized spacial score (nSPS) is 26.5. The van der Waals surface area contributed by atoms with Gasteiger partial charge in [-0.05, 0) is 43.7 Å². The molecule has 5 rings (SSSR count). The van der Waals surface area contributed by atoms with Crippen LogP contribution < -0.4 is 15.0 Å². The molecule has 10 heteroatoms. The summed E-state index contributed by atoms with van der Waals surface area (Å²) in [5.74, 6) is 0.102. The van der Waals surface area contributed by atoms with Gasteiger partial charge in [-0.2, -0.15) is 0 Å². The number of hydrogen-bond donors (Lipinski definition) is 1. The first-order valence-corrected chi connectivity index (χ1v) is 11.8. The van der Waals surface area contributed by atoms with Gasteiger partial charge in [-0.15, -0.1) is 24.9 Å². The molecule has 2 aromatic carbocycles. The number of ether oxygens (including phenoxy) is 1. The van der Waals surface area contributed by atoms with Gasteiger partial charge in [-0.3, -0.25) is 14.5 Å². The van der Waals surface area contributed by atoms with Crippen molar-refractivity contribution in [3.63, 3.8) is 0 Å². The van der Waals surface area contributed by atoms with Crippen LogP contribution in [0.3, 0.4) is 0 Å². The number of carbonyl (C=O) groups is 2. The molecule has 0 bridgehead atoms. The van der Waals surface area contributed by atoms with E-state index in [0.29, 0.717) is 24.5 Å². The Morgan fingerprint density at radius 2 is 1.94 bits per heavy atom. The summed E-state index contributed by atoms with van der Waals surface area (Å²) in [6.07, 6.45) is -4.25. The quantitative estimate of drug-likeness (QED) is 0.716. The molecule has 1 N–H and O–H groups in total. The van der Waals surface area contributed by atoms with Crippen LogP contribution in [-0.4, -0.2) is 47.3 Å². The summed E-state index contributed by atoms with van der Waals surface area (Å²) >= 11 is 1.75. The van der Waals surface area contributed by atoms with E-state index in [4.69, 9.17) is 0 Å². The van der Waals surface area contributed by atoms with Crippen molar-refractivity contribution in [3.05, 3.63) is 54.1 Å². The molecule has 3 atom stereocenters. The summed E-state index contributed by atoms with van der Waals surface area (Å²) in [4.78, 5) is 31.3. The molecule has 3 heterocycles. The molecule has 1 spiro atoms. The minimum atomic E-state index is -4.79. The summed E-state index contributed by atoms with van der Waals surface area (Å²) < 4.78 is 41.2. The summed E-state index contributed by atoms with van der Waals surface area (Å²) in [6.45, 7) is 2.41. The lowest BCUT2D eigenvalue weighted by atomic mass is 9.79. The third-order valence-corrected chi connectivity index (χ3v) is 7.69. The van der Waals surface area contributed by atoms with Gasteiger partial charge in [0, 0.05) is 41.2 Å². The van der Waals surface area contributed by atoms with Gasteiger partial charge in [-0.25, -0.2) is 0 Å². The van der Waals surface area contributed by atoms with E-state index < -0.39 is 17.8 Å². The van der Waals surface area contributed by atoms with Crippen LogP contribution in [0.2, 0.25) is 0 Å². The van der Waals surface area contributed by atoms with Gasteiger partial charge in [0.15, 0.2) is 0 Å². The van der Waals surface area contributed by atoms with Crippen molar-refractivity contribution >= 4 is 35.0 Å². The Balaban J connectivity index is 1.48. The minimum absolute atomic E-state index is 0.0923. The number of carbonyl (C=O) groups excluding carboxylic acids is 2. The fourth-order valence-electron chi connectivity index (χ4n) is 5.37. The second-order valence-electron chi connectivity index (χ2n) is 8.31. The van der Waals surface area contributed by atoms with E-state index >= 15 is 0 Å². The van der Waals surface area contributed by atoms with Crippen LogP contribution in [-0.2, 0) is 15.1 Å².